The number of carboxylic acids is 2. The molecule has 0 aliphatic carbocycles. The average molecular weight is 252 g/mol. The van der Waals surface area contributed by atoms with Gasteiger partial charge in [-0.25, -0.2) is 0 Å². The number of carbonyl (C=O) groups is 2. The summed E-state index contributed by atoms with van der Waals surface area (Å²) in [5.41, 5.74) is 6.80. The van der Waals surface area contributed by atoms with Crippen molar-refractivity contribution in [2.45, 2.75) is 25.4 Å². The summed E-state index contributed by atoms with van der Waals surface area (Å²) in [7, 11) is 0. The second-order valence-corrected chi connectivity index (χ2v) is 4.05. The summed E-state index contributed by atoms with van der Waals surface area (Å²) in [4.78, 5) is 21.3. The second kappa shape index (κ2) is 6.02. The summed E-state index contributed by atoms with van der Waals surface area (Å²) < 4.78 is 0. The standard InChI is InChI=1S/C12H16N2O4/c1-7(11(15)16)14-9-4-2-3-8(5-9)6-10(13)12(17)18/h2-5,7,10,14H,6,13H2,1H3,(H,15,16)(H,17,18)/t7-,10-/m0/s1. The van der Waals surface area contributed by atoms with Gasteiger partial charge in [-0.05, 0) is 31.0 Å². The van der Waals surface area contributed by atoms with E-state index in [0.717, 1.165) is 5.56 Å². The van der Waals surface area contributed by atoms with Gasteiger partial charge in [0.1, 0.15) is 12.1 Å². The fraction of sp³-hybridized carbons (Fsp3) is 0.333. The first-order chi connectivity index (χ1) is 8.40. The van der Waals surface area contributed by atoms with Crippen LogP contribution in [0.4, 0.5) is 5.69 Å². The Morgan fingerprint density at radius 2 is 2.00 bits per heavy atom. The molecule has 6 heteroatoms. The first-order valence-electron chi connectivity index (χ1n) is 5.47. The zero-order valence-electron chi connectivity index (χ0n) is 9.96. The van der Waals surface area contributed by atoms with Gasteiger partial charge >= 0.3 is 11.9 Å². The van der Waals surface area contributed by atoms with E-state index in [0.29, 0.717) is 5.69 Å². The van der Waals surface area contributed by atoms with Crippen LogP contribution in [0.25, 0.3) is 0 Å². The molecule has 1 aromatic carbocycles. The minimum Gasteiger partial charge on any atom is -0.480 e. The Morgan fingerprint density at radius 1 is 1.33 bits per heavy atom. The highest BCUT2D eigenvalue weighted by atomic mass is 16.4. The Morgan fingerprint density at radius 3 is 2.56 bits per heavy atom. The maximum atomic E-state index is 10.7. The minimum atomic E-state index is -1.06. The molecule has 18 heavy (non-hydrogen) atoms. The lowest BCUT2D eigenvalue weighted by Crippen LogP contribution is -2.32. The van der Waals surface area contributed by atoms with E-state index < -0.39 is 24.0 Å². The van der Waals surface area contributed by atoms with E-state index >= 15 is 0 Å². The van der Waals surface area contributed by atoms with E-state index in [-0.39, 0.29) is 6.42 Å². The molecule has 1 rings (SSSR count). The van der Waals surface area contributed by atoms with Gasteiger partial charge in [-0.3, -0.25) is 9.59 Å². The molecule has 0 aliphatic heterocycles. The Hall–Kier alpha value is -2.08. The van der Waals surface area contributed by atoms with Gasteiger partial charge in [-0.2, -0.15) is 0 Å². The topological polar surface area (TPSA) is 113 Å². The van der Waals surface area contributed by atoms with E-state index in [9.17, 15) is 9.59 Å². The third kappa shape index (κ3) is 4.06. The maximum absolute atomic E-state index is 10.7. The zero-order valence-corrected chi connectivity index (χ0v) is 9.96. The van der Waals surface area contributed by atoms with Crippen molar-refractivity contribution >= 4 is 17.6 Å². The molecule has 0 spiro atoms. The van der Waals surface area contributed by atoms with Crippen LogP contribution in [0.1, 0.15) is 12.5 Å². The van der Waals surface area contributed by atoms with Gasteiger partial charge in [0.25, 0.3) is 0 Å². The fourth-order valence-corrected chi connectivity index (χ4v) is 1.44. The molecule has 0 saturated heterocycles. The van der Waals surface area contributed by atoms with Crippen LogP contribution in [0.3, 0.4) is 0 Å². The van der Waals surface area contributed by atoms with Crippen molar-refractivity contribution in [3.05, 3.63) is 29.8 Å². The van der Waals surface area contributed by atoms with Crippen LogP contribution in [-0.2, 0) is 16.0 Å². The van der Waals surface area contributed by atoms with Gasteiger partial charge in [-0.1, -0.05) is 12.1 Å². The molecule has 0 unspecified atom stereocenters. The molecule has 0 fully saturated rings. The van der Waals surface area contributed by atoms with E-state index in [1.165, 1.54) is 6.92 Å². The van der Waals surface area contributed by atoms with Crippen LogP contribution in [0.15, 0.2) is 24.3 Å². The molecule has 1 aromatic rings. The molecule has 5 N–H and O–H groups in total. The normalized spacial score (nSPS) is 13.7. The van der Waals surface area contributed by atoms with Gasteiger partial charge in [0.2, 0.25) is 0 Å². The van der Waals surface area contributed by atoms with Gasteiger partial charge in [0.05, 0.1) is 0 Å². The molecule has 0 saturated carbocycles. The molecule has 0 aliphatic rings. The van der Waals surface area contributed by atoms with Gasteiger partial charge in [-0.15, -0.1) is 0 Å². The smallest absolute Gasteiger partial charge is 0.325 e. The SMILES string of the molecule is C[C@H](Nc1cccc(C[C@H](N)C(=O)O)c1)C(=O)O. The van der Waals surface area contributed by atoms with Crippen LogP contribution in [0.5, 0.6) is 0 Å². The summed E-state index contributed by atoms with van der Waals surface area (Å²) in [6, 6.07) is 5.21. The Kier molecular flexibility index (Phi) is 4.67. The molecule has 0 radical (unpaired) electrons. The van der Waals surface area contributed by atoms with Crippen LogP contribution >= 0.6 is 0 Å². The second-order valence-electron chi connectivity index (χ2n) is 4.05. The number of rotatable bonds is 6. The Bertz CT molecular complexity index is 410. The van der Waals surface area contributed by atoms with Crippen molar-refractivity contribution < 1.29 is 19.8 Å². The highest BCUT2D eigenvalue weighted by molar-refractivity contribution is 5.77. The lowest BCUT2D eigenvalue weighted by atomic mass is 10.1. The summed E-state index contributed by atoms with van der Waals surface area (Å²) >= 11 is 0. The molecule has 0 aromatic heterocycles. The highest BCUT2D eigenvalue weighted by Crippen LogP contribution is 2.13. The molecule has 2 atom stereocenters. The van der Waals surface area contributed by atoms with Crippen molar-refractivity contribution in [1.82, 2.24) is 0 Å². The van der Waals surface area contributed by atoms with Crippen LogP contribution < -0.4 is 11.1 Å². The van der Waals surface area contributed by atoms with Crippen molar-refractivity contribution in [1.29, 1.82) is 0 Å². The number of hydrogen-bond acceptors (Lipinski definition) is 4. The molecule has 0 bridgehead atoms. The molecular weight excluding hydrogens is 236 g/mol. The van der Waals surface area contributed by atoms with Crippen molar-refractivity contribution in [3.8, 4) is 0 Å². The summed E-state index contributed by atoms with van der Waals surface area (Å²) in [5.74, 6) is -2.02. The number of anilines is 1. The third-order valence-electron chi connectivity index (χ3n) is 2.45. The summed E-state index contributed by atoms with van der Waals surface area (Å²) in [6.45, 7) is 1.53. The highest BCUT2D eigenvalue weighted by Gasteiger charge is 2.13. The van der Waals surface area contributed by atoms with Crippen molar-refractivity contribution in [2.75, 3.05) is 5.32 Å². The van der Waals surface area contributed by atoms with Crippen molar-refractivity contribution in [2.24, 2.45) is 5.73 Å². The van der Waals surface area contributed by atoms with Crippen LogP contribution in [0.2, 0.25) is 0 Å². The molecule has 0 amide bonds. The van der Waals surface area contributed by atoms with E-state index in [1.807, 2.05) is 0 Å². The van der Waals surface area contributed by atoms with E-state index in [4.69, 9.17) is 15.9 Å². The fourth-order valence-electron chi connectivity index (χ4n) is 1.44. The first-order valence-corrected chi connectivity index (χ1v) is 5.47. The minimum absolute atomic E-state index is 0.201. The number of carboxylic acid groups (broad SMARTS) is 2. The monoisotopic (exact) mass is 252 g/mol. The third-order valence-corrected chi connectivity index (χ3v) is 2.45. The molecular formula is C12H16N2O4. The number of nitrogens with one attached hydrogen (secondary N) is 1. The lowest BCUT2D eigenvalue weighted by molar-refractivity contribution is -0.139. The Labute approximate surface area is 104 Å². The molecule has 0 heterocycles. The quantitative estimate of drug-likeness (QED) is 0.587. The van der Waals surface area contributed by atoms with Crippen LogP contribution in [0, 0.1) is 0 Å². The predicted octanol–water partition coefficient (Wildman–Crippen LogP) is 0.526. The Balaban J connectivity index is 2.73. The van der Waals surface area contributed by atoms with Gasteiger partial charge in [0.15, 0.2) is 0 Å². The number of aliphatic carboxylic acids is 2. The van der Waals surface area contributed by atoms with E-state index in [1.54, 1.807) is 24.3 Å². The first kappa shape index (κ1) is 14.0. The van der Waals surface area contributed by atoms with E-state index in [2.05, 4.69) is 5.32 Å². The number of nitrogens with two attached hydrogens (primary N) is 1. The number of hydrogen-bond donors (Lipinski definition) is 4. The largest absolute Gasteiger partial charge is 0.480 e. The van der Waals surface area contributed by atoms with Gasteiger partial charge in [0, 0.05) is 5.69 Å². The zero-order chi connectivity index (χ0) is 13.7. The maximum Gasteiger partial charge on any atom is 0.325 e. The summed E-state index contributed by atoms with van der Waals surface area (Å²) in [6.07, 6.45) is 0.201. The predicted molar refractivity (Wildman–Crippen MR) is 66.5 cm³/mol. The van der Waals surface area contributed by atoms with Crippen molar-refractivity contribution in [3.63, 3.8) is 0 Å². The lowest BCUT2D eigenvalue weighted by Gasteiger charge is -2.12. The average Bonchev–Trinajstić information content (AvgIpc) is 2.29. The van der Waals surface area contributed by atoms with Gasteiger partial charge < -0.3 is 21.3 Å². The summed E-state index contributed by atoms with van der Waals surface area (Å²) in [5, 5.41) is 20.3. The number of benzene rings is 1. The molecule has 98 valence electrons. The molecule has 6 nitrogen and oxygen atoms in total. The van der Waals surface area contributed by atoms with Crippen LogP contribution in [-0.4, -0.2) is 34.2 Å².